The van der Waals surface area contributed by atoms with Crippen LogP contribution in [0.5, 0.6) is 5.75 Å². The SMILES string of the molecule is COc1ccc(S(=O)(=O)N2CCOCC2)cc1NS(=O)(=O)c1ccc2c(c1)sc(=O)n2C. The van der Waals surface area contributed by atoms with Gasteiger partial charge in [-0.15, -0.1) is 0 Å². The van der Waals surface area contributed by atoms with Crippen molar-refractivity contribution < 1.29 is 26.3 Å². The van der Waals surface area contributed by atoms with Gasteiger partial charge in [0.1, 0.15) is 5.75 Å². The summed E-state index contributed by atoms with van der Waals surface area (Å²) < 4.78 is 68.2. The summed E-state index contributed by atoms with van der Waals surface area (Å²) in [6.45, 7) is 1.02. The van der Waals surface area contributed by atoms with Gasteiger partial charge in [0.15, 0.2) is 0 Å². The van der Waals surface area contributed by atoms with Crippen molar-refractivity contribution in [1.82, 2.24) is 8.87 Å². The Morgan fingerprint density at radius 3 is 2.41 bits per heavy atom. The Kier molecular flexibility index (Phi) is 6.02. The Labute approximate surface area is 189 Å². The van der Waals surface area contributed by atoms with Crippen molar-refractivity contribution in [3.63, 3.8) is 0 Å². The molecule has 0 spiro atoms. The summed E-state index contributed by atoms with van der Waals surface area (Å²) >= 11 is 0.940. The number of hydrogen-bond acceptors (Lipinski definition) is 8. The topological polar surface area (TPSA) is 124 Å². The number of nitrogens with one attached hydrogen (secondary N) is 1. The first-order valence-electron chi connectivity index (χ1n) is 9.52. The Balaban J connectivity index is 1.71. The monoisotopic (exact) mass is 499 g/mol. The van der Waals surface area contributed by atoms with Gasteiger partial charge in [0.25, 0.3) is 10.0 Å². The van der Waals surface area contributed by atoms with E-state index < -0.39 is 20.0 Å². The van der Waals surface area contributed by atoms with Gasteiger partial charge < -0.3 is 14.0 Å². The summed E-state index contributed by atoms with van der Waals surface area (Å²) in [5, 5.41) is 0. The number of fused-ring (bicyclic) bond motifs is 1. The number of anilines is 1. The molecule has 2 heterocycles. The highest BCUT2D eigenvalue weighted by atomic mass is 32.2. The molecule has 1 aromatic heterocycles. The first-order chi connectivity index (χ1) is 15.1. The van der Waals surface area contributed by atoms with Crippen LogP contribution in [0.1, 0.15) is 0 Å². The third-order valence-electron chi connectivity index (χ3n) is 5.10. The van der Waals surface area contributed by atoms with Gasteiger partial charge in [0.2, 0.25) is 10.0 Å². The Bertz CT molecular complexity index is 1440. The lowest BCUT2D eigenvalue weighted by Crippen LogP contribution is -2.40. The molecule has 0 aliphatic carbocycles. The van der Waals surface area contributed by atoms with Crippen LogP contribution in [0.3, 0.4) is 0 Å². The molecule has 0 radical (unpaired) electrons. The molecule has 2 aromatic carbocycles. The lowest BCUT2D eigenvalue weighted by atomic mass is 10.3. The molecule has 4 rings (SSSR count). The molecule has 172 valence electrons. The molecule has 3 aromatic rings. The molecule has 0 unspecified atom stereocenters. The Morgan fingerprint density at radius 1 is 1.03 bits per heavy atom. The molecule has 1 aliphatic heterocycles. The van der Waals surface area contributed by atoms with Crippen LogP contribution in [-0.4, -0.2) is 59.1 Å². The summed E-state index contributed by atoms with van der Waals surface area (Å²) in [5.41, 5.74) is 0.610. The van der Waals surface area contributed by atoms with Crippen molar-refractivity contribution in [3.8, 4) is 5.75 Å². The minimum atomic E-state index is -4.09. The van der Waals surface area contributed by atoms with E-state index in [0.717, 1.165) is 11.3 Å². The zero-order valence-corrected chi connectivity index (χ0v) is 19.7. The van der Waals surface area contributed by atoms with Crippen molar-refractivity contribution >= 4 is 47.3 Å². The number of aryl methyl sites for hydroxylation is 1. The molecule has 32 heavy (non-hydrogen) atoms. The number of aromatic nitrogens is 1. The number of methoxy groups -OCH3 is 1. The minimum Gasteiger partial charge on any atom is -0.495 e. The molecule has 13 heteroatoms. The predicted molar refractivity (Wildman–Crippen MR) is 120 cm³/mol. The quantitative estimate of drug-likeness (QED) is 0.544. The molecular formula is C19H21N3O7S3. The standard InChI is InChI=1S/C19H21N3O7S3/c1-21-16-5-3-13(12-18(16)30-19(21)23)31(24,25)20-15-11-14(4-6-17(15)28-2)32(26,27)22-7-9-29-10-8-22/h3-6,11-12,20H,7-10H2,1-2H3. The molecule has 1 aliphatic rings. The molecule has 0 bridgehead atoms. The molecule has 1 N–H and O–H groups in total. The molecule has 10 nitrogen and oxygen atoms in total. The van der Waals surface area contributed by atoms with Crippen molar-refractivity contribution in [3.05, 3.63) is 46.1 Å². The van der Waals surface area contributed by atoms with E-state index in [1.807, 2.05) is 0 Å². The van der Waals surface area contributed by atoms with Crippen molar-refractivity contribution in [1.29, 1.82) is 0 Å². The molecule has 0 amide bonds. The van der Waals surface area contributed by atoms with Crippen LogP contribution in [-0.2, 0) is 31.8 Å². The minimum absolute atomic E-state index is 0.0109. The highest BCUT2D eigenvalue weighted by molar-refractivity contribution is 7.92. The summed E-state index contributed by atoms with van der Waals surface area (Å²) in [6.07, 6.45) is 0. The second-order valence-corrected chi connectivity index (χ2v) is 11.7. The zero-order chi connectivity index (χ0) is 23.1. The van der Waals surface area contributed by atoms with Crippen molar-refractivity contribution in [2.24, 2.45) is 7.05 Å². The highest BCUT2D eigenvalue weighted by Gasteiger charge is 2.28. The number of benzene rings is 2. The van der Waals surface area contributed by atoms with Crippen LogP contribution in [0.15, 0.2) is 51.0 Å². The van der Waals surface area contributed by atoms with E-state index in [4.69, 9.17) is 9.47 Å². The largest absolute Gasteiger partial charge is 0.495 e. The van der Waals surface area contributed by atoms with E-state index in [-0.39, 0.29) is 39.2 Å². The van der Waals surface area contributed by atoms with Crippen LogP contribution < -0.4 is 14.3 Å². The molecule has 0 atom stereocenters. The van der Waals surface area contributed by atoms with E-state index >= 15 is 0 Å². The summed E-state index contributed by atoms with van der Waals surface area (Å²) in [7, 11) is -4.96. The third kappa shape index (κ3) is 4.13. The predicted octanol–water partition coefficient (Wildman–Crippen LogP) is 1.43. The number of rotatable bonds is 6. The van der Waals surface area contributed by atoms with Gasteiger partial charge in [0.05, 0.1) is 46.0 Å². The van der Waals surface area contributed by atoms with Gasteiger partial charge in [-0.2, -0.15) is 4.31 Å². The van der Waals surface area contributed by atoms with E-state index in [1.165, 1.54) is 46.3 Å². The maximum Gasteiger partial charge on any atom is 0.307 e. The number of sulfonamides is 2. The van der Waals surface area contributed by atoms with E-state index in [0.29, 0.717) is 23.4 Å². The second kappa shape index (κ2) is 8.48. The number of ether oxygens (including phenoxy) is 2. The van der Waals surface area contributed by atoms with Gasteiger partial charge in [-0.3, -0.25) is 9.52 Å². The van der Waals surface area contributed by atoms with Crippen molar-refractivity contribution in [2.75, 3.05) is 38.1 Å². The lowest BCUT2D eigenvalue weighted by molar-refractivity contribution is 0.0730. The van der Waals surface area contributed by atoms with E-state index in [1.54, 1.807) is 13.1 Å². The fraction of sp³-hybridized carbons (Fsp3) is 0.316. The number of nitrogens with zero attached hydrogens (tertiary/aromatic N) is 2. The molecule has 0 saturated carbocycles. The fourth-order valence-corrected chi connectivity index (χ4v) is 6.86. The maximum atomic E-state index is 13.0. The normalized spacial score (nSPS) is 15.7. The smallest absolute Gasteiger partial charge is 0.307 e. The maximum absolute atomic E-state index is 13.0. The van der Waals surface area contributed by atoms with Crippen LogP contribution in [0.25, 0.3) is 10.2 Å². The summed E-state index contributed by atoms with van der Waals surface area (Å²) in [5.74, 6) is 0.167. The molecular weight excluding hydrogens is 478 g/mol. The highest BCUT2D eigenvalue weighted by Crippen LogP contribution is 2.31. The second-order valence-electron chi connectivity index (χ2n) is 7.04. The van der Waals surface area contributed by atoms with Crippen molar-refractivity contribution in [2.45, 2.75) is 9.79 Å². The lowest BCUT2D eigenvalue weighted by Gasteiger charge is -2.26. The van der Waals surface area contributed by atoms with Gasteiger partial charge >= 0.3 is 4.87 Å². The van der Waals surface area contributed by atoms with Gasteiger partial charge in [0, 0.05) is 20.1 Å². The third-order valence-corrected chi connectivity index (χ3v) is 9.35. The first kappa shape index (κ1) is 22.7. The Hall–Kier alpha value is -2.45. The number of hydrogen-bond donors (Lipinski definition) is 1. The molecule has 1 fully saturated rings. The van der Waals surface area contributed by atoms with E-state index in [9.17, 15) is 21.6 Å². The average Bonchev–Trinajstić information content (AvgIpc) is 3.07. The van der Waals surface area contributed by atoms with Crippen LogP contribution >= 0.6 is 11.3 Å². The Morgan fingerprint density at radius 2 is 1.72 bits per heavy atom. The van der Waals surface area contributed by atoms with Gasteiger partial charge in [-0.1, -0.05) is 11.3 Å². The van der Waals surface area contributed by atoms with Gasteiger partial charge in [-0.25, -0.2) is 16.8 Å². The number of morpholine rings is 1. The first-order valence-corrected chi connectivity index (χ1v) is 13.3. The summed E-state index contributed by atoms with van der Waals surface area (Å²) in [4.78, 5) is 11.5. The fourth-order valence-electron chi connectivity index (χ4n) is 3.35. The number of thiazole rings is 1. The summed E-state index contributed by atoms with van der Waals surface area (Å²) in [6, 6.07) is 8.35. The average molecular weight is 500 g/mol. The van der Waals surface area contributed by atoms with Crippen LogP contribution in [0.4, 0.5) is 5.69 Å². The van der Waals surface area contributed by atoms with Gasteiger partial charge in [-0.05, 0) is 36.4 Å². The zero-order valence-electron chi connectivity index (χ0n) is 17.3. The van der Waals surface area contributed by atoms with Crippen LogP contribution in [0.2, 0.25) is 0 Å². The van der Waals surface area contributed by atoms with Crippen LogP contribution in [0, 0.1) is 0 Å². The van der Waals surface area contributed by atoms with E-state index in [2.05, 4.69) is 4.72 Å². The molecule has 1 saturated heterocycles.